The second kappa shape index (κ2) is 14.1. The van der Waals surface area contributed by atoms with Crippen LogP contribution in [0.3, 0.4) is 0 Å². The molecule has 0 aliphatic carbocycles. The van der Waals surface area contributed by atoms with Crippen LogP contribution in [0.2, 0.25) is 12.6 Å². The van der Waals surface area contributed by atoms with Gasteiger partial charge < -0.3 is 8.85 Å². The van der Waals surface area contributed by atoms with Gasteiger partial charge in [-0.1, -0.05) is 22.9 Å². The molecule has 0 radical (unpaired) electrons. The predicted octanol–water partition coefficient (Wildman–Crippen LogP) is 8.68. The summed E-state index contributed by atoms with van der Waals surface area (Å²) in [5, 5.41) is 0. The maximum Gasteiger partial charge on any atom is 0.334 e. The lowest BCUT2D eigenvalue weighted by Gasteiger charge is -2.22. The number of benzene rings is 1. The molecule has 0 N–H and O–H groups in total. The van der Waals surface area contributed by atoms with Gasteiger partial charge in [0.25, 0.3) is 0 Å². The molecule has 1 heterocycles. The zero-order valence-corrected chi connectivity index (χ0v) is 22.7. The van der Waals surface area contributed by atoms with Crippen molar-refractivity contribution in [2.45, 2.75) is 23.4 Å². The van der Waals surface area contributed by atoms with E-state index in [2.05, 4.69) is 29.7 Å². The standard InChI is InChI=1S/C13H19NO2S9Si/c1-15-26(3,16-2)10-6-9-17-20-22-24-25-23-21-19-13-14-11-7-4-5-8-12(11)18-13/h4-5,7-8H,6,9-10H2,1-3H3. The SMILES string of the molecule is CO[Si](C)(CCCSSSSSSSSc1nc2ccccc2s1)OC. The normalized spacial score (nSPS) is 12.1. The van der Waals surface area contributed by atoms with Crippen LogP contribution >= 0.6 is 91.9 Å². The smallest absolute Gasteiger partial charge is 0.334 e. The molecule has 0 atom stereocenters. The minimum absolute atomic E-state index is 1.05. The molecular weight excluding hydrogens is 519 g/mol. The number of para-hydroxylation sites is 1. The van der Waals surface area contributed by atoms with Crippen LogP contribution in [0.4, 0.5) is 0 Å². The van der Waals surface area contributed by atoms with E-state index < -0.39 is 8.56 Å². The van der Waals surface area contributed by atoms with E-state index in [-0.39, 0.29) is 0 Å². The Kier molecular flexibility index (Phi) is 13.2. The molecule has 26 heavy (non-hydrogen) atoms. The first kappa shape index (κ1) is 24.3. The van der Waals surface area contributed by atoms with Crippen LogP contribution in [0.1, 0.15) is 6.42 Å². The molecule has 1 aromatic heterocycles. The summed E-state index contributed by atoms with van der Waals surface area (Å²) in [7, 11) is 16.1. The highest BCUT2D eigenvalue weighted by atomic mass is 34.0. The molecule has 0 amide bonds. The first-order chi connectivity index (χ1) is 12.7. The maximum atomic E-state index is 5.50. The average Bonchev–Trinajstić information content (AvgIpc) is 3.08. The average molecular weight is 538 g/mol. The summed E-state index contributed by atoms with van der Waals surface area (Å²) in [6.07, 6.45) is 1.14. The van der Waals surface area contributed by atoms with E-state index in [4.69, 9.17) is 8.85 Å². The van der Waals surface area contributed by atoms with Crippen molar-refractivity contribution in [2.24, 2.45) is 0 Å². The molecule has 2 aromatic rings. The summed E-state index contributed by atoms with van der Waals surface area (Å²) < 4.78 is 13.4. The molecule has 0 aliphatic heterocycles. The second-order valence-electron chi connectivity index (χ2n) is 4.91. The van der Waals surface area contributed by atoms with E-state index in [1.54, 1.807) is 65.8 Å². The van der Waals surface area contributed by atoms with Crippen LogP contribution < -0.4 is 0 Å². The molecule has 0 aliphatic rings. The van der Waals surface area contributed by atoms with E-state index in [9.17, 15) is 0 Å². The minimum atomic E-state index is -1.88. The summed E-state index contributed by atoms with van der Waals surface area (Å²) in [4.78, 5) is 4.62. The van der Waals surface area contributed by atoms with Gasteiger partial charge in [-0.25, -0.2) is 4.98 Å². The Bertz CT molecular complexity index is 610. The van der Waals surface area contributed by atoms with Crippen molar-refractivity contribution in [3.05, 3.63) is 24.3 Å². The van der Waals surface area contributed by atoms with Gasteiger partial charge in [0.15, 0.2) is 4.34 Å². The zero-order valence-electron chi connectivity index (χ0n) is 14.4. The zero-order chi connectivity index (χ0) is 18.7. The molecule has 0 saturated carbocycles. The number of aromatic nitrogens is 1. The Morgan fingerprint density at radius 1 is 1.00 bits per heavy atom. The Morgan fingerprint density at radius 2 is 1.69 bits per heavy atom. The molecule has 0 saturated heterocycles. The Balaban J connectivity index is 1.42. The summed E-state index contributed by atoms with van der Waals surface area (Å²) in [5.41, 5.74) is 1.09. The monoisotopic (exact) mass is 537 g/mol. The van der Waals surface area contributed by atoms with Gasteiger partial charge in [-0.3, -0.25) is 0 Å². The van der Waals surface area contributed by atoms with Crippen molar-refractivity contribution >= 4 is 111 Å². The first-order valence-electron chi connectivity index (χ1n) is 7.42. The Hall–Kier alpha value is 2.05. The van der Waals surface area contributed by atoms with Crippen LogP contribution in [0.15, 0.2) is 28.6 Å². The number of fused-ring (bicyclic) bond motifs is 1. The van der Waals surface area contributed by atoms with Crippen LogP contribution in [-0.2, 0) is 8.85 Å². The third-order valence-corrected chi connectivity index (χ3v) is 22.8. The van der Waals surface area contributed by atoms with Crippen molar-refractivity contribution in [3.63, 3.8) is 0 Å². The van der Waals surface area contributed by atoms with E-state index in [1.807, 2.05) is 46.3 Å². The molecule has 0 spiro atoms. The van der Waals surface area contributed by atoms with Gasteiger partial charge in [0.05, 0.1) is 10.2 Å². The fourth-order valence-electron chi connectivity index (χ4n) is 1.77. The molecule has 1 aromatic carbocycles. The van der Waals surface area contributed by atoms with Gasteiger partial charge in [-0.2, -0.15) is 0 Å². The first-order valence-corrected chi connectivity index (χ1v) is 21.1. The van der Waals surface area contributed by atoms with Crippen molar-refractivity contribution in [2.75, 3.05) is 20.0 Å². The summed E-state index contributed by atoms with van der Waals surface area (Å²) >= 11 is 1.76. The summed E-state index contributed by atoms with van der Waals surface area (Å²) in [6, 6.07) is 9.34. The maximum absolute atomic E-state index is 5.50. The van der Waals surface area contributed by atoms with Crippen LogP contribution in [0, 0.1) is 0 Å². The van der Waals surface area contributed by atoms with E-state index >= 15 is 0 Å². The molecule has 13 heteroatoms. The van der Waals surface area contributed by atoms with Gasteiger partial charge in [-0.15, -0.1) is 11.3 Å². The van der Waals surface area contributed by atoms with E-state index in [1.165, 1.54) is 4.70 Å². The lowest BCUT2D eigenvalue weighted by atomic mass is 10.3. The molecule has 2 rings (SSSR count). The van der Waals surface area contributed by atoms with E-state index in [0.717, 1.165) is 28.1 Å². The van der Waals surface area contributed by atoms with Crippen LogP contribution in [0.5, 0.6) is 0 Å². The fraction of sp³-hybridized carbons (Fsp3) is 0.462. The molecule has 0 fully saturated rings. The molecular formula is C13H19NO2S9Si. The number of thiazole rings is 1. The minimum Gasteiger partial charge on any atom is -0.398 e. The highest BCUT2D eigenvalue weighted by Crippen LogP contribution is 2.58. The number of rotatable bonds is 14. The summed E-state index contributed by atoms with van der Waals surface area (Å²) in [5.74, 6) is 1.13. The second-order valence-corrected chi connectivity index (χ2v) is 22.8. The summed E-state index contributed by atoms with van der Waals surface area (Å²) in [6.45, 7) is 2.12. The Labute approximate surface area is 190 Å². The van der Waals surface area contributed by atoms with Crippen molar-refractivity contribution < 1.29 is 8.85 Å². The van der Waals surface area contributed by atoms with Gasteiger partial charge >= 0.3 is 8.56 Å². The van der Waals surface area contributed by atoms with Gasteiger partial charge in [0, 0.05) is 20.0 Å². The van der Waals surface area contributed by atoms with Crippen molar-refractivity contribution in [1.82, 2.24) is 4.98 Å². The number of nitrogens with zero attached hydrogens (tertiary/aromatic N) is 1. The van der Waals surface area contributed by atoms with Gasteiger partial charge in [-0.05, 0) is 101 Å². The fourth-order valence-corrected chi connectivity index (χ4v) is 21.7. The number of hydrogen-bond donors (Lipinski definition) is 0. The highest BCUT2D eigenvalue weighted by Gasteiger charge is 2.27. The molecule has 0 unspecified atom stereocenters. The lowest BCUT2D eigenvalue weighted by molar-refractivity contribution is 0.249. The van der Waals surface area contributed by atoms with Crippen LogP contribution in [-0.4, -0.2) is 33.5 Å². The molecule has 3 nitrogen and oxygen atoms in total. The molecule has 0 bridgehead atoms. The number of hydrogen-bond acceptors (Lipinski definition) is 12. The largest absolute Gasteiger partial charge is 0.398 e. The van der Waals surface area contributed by atoms with Gasteiger partial charge in [0.2, 0.25) is 0 Å². The third kappa shape index (κ3) is 9.24. The lowest BCUT2D eigenvalue weighted by Crippen LogP contribution is -2.35. The predicted molar refractivity (Wildman–Crippen MR) is 139 cm³/mol. The van der Waals surface area contributed by atoms with E-state index in [0.29, 0.717) is 0 Å². The Morgan fingerprint density at radius 3 is 2.42 bits per heavy atom. The quantitative estimate of drug-likeness (QED) is 0.132. The van der Waals surface area contributed by atoms with Crippen LogP contribution in [0.25, 0.3) is 10.2 Å². The highest BCUT2D eigenvalue weighted by molar-refractivity contribution is 9.48. The third-order valence-electron chi connectivity index (χ3n) is 3.29. The van der Waals surface area contributed by atoms with Gasteiger partial charge in [0.1, 0.15) is 0 Å². The van der Waals surface area contributed by atoms with Crippen molar-refractivity contribution in [3.8, 4) is 0 Å². The topological polar surface area (TPSA) is 31.4 Å². The van der Waals surface area contributed by atoms with Crippen molar-refractivity contribution in [1.29, 1.82) is 0 Å². The molecule has 146 valence electrons.